The smallest absolute Gasteiger partial charge is 0.255 e. The summed E-state index contributed by atoms with van der Waals surface area (Å²) in [5, 5.41) is 10.7. The summed E-state index contributed by atoms with van der Waals surface area (Å²) in [7, 11) is 0. The first kappa shape index (κ1) is 18.0. The number of carbonyl (C=O) groups is 1. The van der Waals surface area contributed by atoms with E-state index in [0.29, 0.717) is 11.5 Å². The molecule has 2 N–H and O–H groups in total. The number of aromatic nitrogens is 3. The van der Waals surface area contributed by atoms with Gasteiger partial charge in [0.25, 0.3) is 5.91 Å². The number of anilines is 2. The molecule has 0 bridgehead atoms. The van der Waals surface area contributed by atoms with Crippen LogP contribution in [0.2, 0.25) is 0 Å². The maximum absolute atomic E-state index is 13.4. The van der Waals surface area contributed by atoms with Gasteiger partial charge in [0.1, 0.15) is 12.4 Å². The van der Waals surface area contributed by atoms with Gasteiger partial charge >= 0.3 is 0 Å². The number of fused-ring (bicyclic) bond motifs is 1. The van der Waals surface area contributed by atoms with E-state index in [9.17, 15) is 4.79 Å². The van der Waals surface area contributed by atoms with Crippen LogP contribution in [0.3, 0.4) is 0 Å². The van der Waals surface area contributed by atoms with Gasteiger partial charge in [0.05, 0.1) is 5.57 Å². The summed E-state index contributed by atoms with van der Waals surface area (Å²) in [6.45, 7) is 7.98. The van der Waals surface area contributed by atoms with E-state index in [1.807, 2.05) is 64.1 Å². The second-order valence-corrected chi connectivity index (χ2v) is 7.22. The van der Waals surface area contributed by atoms with E-state index >= 15 is 0 Å². The Hall–Kier alpha value is -3.41. The number of hydrogen-bond acceptors (Lipinski definition) is 4. The van der Waals surface area contributed by atoms with Gasteiger partial charge in [0.15, 0.2) is 0 Å². The zero-order chi connectivity index (χ0) is 19.8. The summed E-state index contributed by atoms with van der Waals surface area (Å²) >= 11 is 0. The number of hydrogen-bond donors (Lipinski definition) is 2. The van der Waals surface area contributed by atoms with Crippen LogP contribution in [0.5, 0.6) is 0 Å². The molecule has 0 radical (unpaired) electrons. The molecule has 0 aliphatic carbocycles. The Bertz CT molecular complexity index is 1100. The van der Waals surface area contributed by atoms with Gasteiger partial charge in [-0.1, -0.05) is 42.0 Å². The Labute approximate surface area is 164 Å². The number of nitrogens with one attached hydrogen (secondary N) is 2. The zero-order valence-corrected chi connectivity index (χ0v) is 16.4. The van der Waals surface area contributed by atoms with Crippen molar-refractivity contribution in [3.05, 3.63) is 82.3 Å². The molecule has 6 heteroatoms. The van der Waals surface area contributed by atoms with Crippen molar-refractivity contribution in [2.75, 3.05) is 10.6 Å². The average Bonchev–Trinajstić information content (AvgIpc) is 3.11. The number of rotatable bonds is 3. The molecule has 3 aromatic rings. The van der Waals surface area contributed by atoms with Gasteiger partial charge < -0.3 is 10.6 Å². The van der Waals surface area contributed by atoms with Gasteiger partial charge in [0.2, 0.25) is 5.95 Å². The monoisotopic (exact) mass is 373 g/mol. The number of allylic oxidation sites excluding steroid dienone is 1. The second-order valence-electron chi connectivity index (χ2n) is 7.22. The van der Waals surface area contributed by atoms with Crippen LogP contribution in [0.1, 0.15) is 35.2 Å². The quantitative estimate of drug-likeness (QED) is 0.724. The first-order valence-electron chi connectivity index (χ1n) is 9.27. The summed E-state index contributed by atoms with van der Waals surface area (Å²) in [4.78, 5) is 17.7. The van der Waals surface area contributed by atoms with E-state index in [4.69, 9.17) is 0 Å². The Morgan fingerprint density at radius 1 is 1.07 bits per heavy atom. The lowest BCUT2D eigenvalue weighted by Crippen LogP contribution is -2.32. The van der Waals surface area contributed by atoms with Gasteiger partial charge in [-0.15, -0.1) is 0 Å². The SMILES string of the molecule is CC1=C(C(=O)Nc2ccc(C)cc2C)C(c2ccccc2C)n2ncnc2N1. The molecule has 1 aromatic heterocycles. The minimum Gasteiger partial charge on any atom is -0.328 e. The Kier molecular flexibility index (Phi) is 4.47. The summed E-state index contributed by atoms with van der Waals surface area (Å²) in [6.07, 6.45) is 1.51. The van der Waals surface area contributed by atoms with E-state index in [2.05, 4.69) is 26.8 Å². The van der Waals surface area contributed by atoms with Crippen LogP contribution in [-0.2, 0) is 4.79 Å². The van der Waals surface area contributed by atoms with Crippen LogP contribution < -0.4 is 10.6 Å². The maximum Gasteiger partial charge on any atom is 0.255 e. The summed E-state index contributed by atoms with van der Waals surface area (Å²) in [6, 6.07) is 13.7. The molecule has 0 saturated carbocycles. The molecule has 1 unspecified atom stereocenters. The first-order chi connectivity index (χ1) is 13.5. The number of amides is 1. The highest BCUT2D eigenvalue weighted by Gasteiger charge is 2.34. The van der Waals surface area contributed by atoms with Crippen molar-refractivity contribution in [3.63, 3.8) is 0 Å². The first-order valence-corrected chi connectivity index (χ1v) is 9.27. The molecule has 0 spiro atoms. The van der Waals surface area contributed by atoms with Crippen molar-refractivity contribution in [2.45, 2.75) is 33.7 Å². The van der Waals surface area contributed by atoms with Crippen LogP contribution in [0, 0.1) is 20.8 Å². The Morgan fingerprint density at radius 2 is 1.86 bits per heavy atom. The minimum absolute atomic E-state index is 0.147. The van der Waals surface area contributed by atoms with Crippen molar-refractivity contribution in [1.29, 1.82) is 0 Å². The number of benzene rings is 2. The topological polar surface area (TPSA) is 71.8 Å². The molecule has 0 fully saturated rings. The maximum atomic E-state index is 13.4. The summed E-state index contributed by atoms with van der Waals surface area (Å²) < 4.78 is 1.77. The highest BCUT2D eigenvalue weighted by molar-refractivity contribution is 6.06. The van der Waals surface area contributed by atoms with Crippen molar-refractivity contribution in [3.8, 4) is 0 Å². The van der Waals surface area contributed by atoms with Crippen LogP contribution in [0.15, 0.2) is 60.1 Å². The lowest BCUT2D eigenvalue weighted by molar-refractivity contribution is -0.113. The highest BCUT2D eigenvalue weighted by atomic mass is 16.1. The third-order valence-electron chi connectivity index (χ3n) is 5.15. The normalized spacial score (nSPS) is 15.8. The molecule has 142 valence electrons. The van der Waals surface area contributed by atoms with Crippen LogP contribution in [0.4, 0.5) is 11.6 Å². The van der Waals surface area contributed by atoms with Crippen molar-refractivity contribution in [1.82, 2.24) is 14.8 Å². The predicted octanol–water partition coefficient (Wildman–Crippen LogP) is 4.13. The molecule has 6 nitrogen and oxygen atoms in total. The third-order valence-corrected chi connectivity index (χ3v) is 5.15. The molecule has 0 saturated heterocycles. The van der Waals surface area contributed by atoms with E-state index in [0.717, 1.165) is 33.6 Å². The highest BCUT2D eigenvalue weighted by Crippen LogP contribution is 2.36. The predicted molar refractivity (Wildman–Crippen MR) is 110 cm³/mol. The number of carbonyl (C=O) groups excluding carboxylic acids is 1. The van der Waals surface area contributed by atoms with Crippen LogP contribution in [0.25, 0.3) is 0 Å². The van der Waals surface area contributed by atoms with Crippen molar-refractivity contribution < 1.29 is 4.79 Å². The molecule has 1 atom stereocenters. The van der Waals surface area contributed by atoms with Crippen molar-refractivity contribution >= 4 is 17.5 Å². The molecular formula is C22H23N5O. The molecule has 2 aromatic carbocycles. The van der Waals surface area contributed by atoms with Gasteiger partial charge in [-0.05, 0) is 50.5 Å². The van der Waals surface area contributed by atoms with E-state index in [-0.39, 0.29) is 11.9 Å². The van der Waals surface area contributed by atoms with Gasteiger partial charge in [-0.25, -0.2) is 4.68 Å². The molecular weight excluding hydrogens is 350 g/mol. The molecule has 28 heavy (non-hydrogen) atoms. The van der Waals surface area contributed by atoms with Crippen molar-refractivity contribution in [2.24, 2.45) is 0 Å². The van der Waals surface area contributed by atoms with E-state index in [1.54, 1.807) is 4.68 Å². The Morgan fingerprint density at radius 3 is 2.61 bits per heavy atom. The summed E-state index contributed by atoms with van der Waals surface area (Å²) in [5.41, 5.74) is 6.54. The fourth-order valence-electron chi connectivity index (χ4n) is 3.71. The number of nitrogens with zero attached hydrogens (tertiary/aromatic N) is 3. The molecule has 1 amide bonds. The van der Waals surface area contributed by atoms with Gasteiger partial charge in [-0.2, -0.15) is 10.1 Å². The standard InChI is InChI=1S/C22H23N5O/c1-13-9-10-18(15(3)11-13)26-21(28)19-16(4)25-22-23-12-24-27(22)20(19)17-8-6-5-7-14(17)2/h5-12,20H,1-4H3,(H,26,28)(H,23,24,25). The molecule has 4 rings (SSSR count). The van der Waals surface area contributed by atoms with E-state index < -0.39 is 0 Å². The second kappa shape index (κ2) is 6.96. The molecule has 1 aliphatic heterocycles. The average molecular weight is 373 g/mol. The third kappa shape index (κ3) is 3.07. The lowest BCUT2D eigenvalue weighted by Gasteiger charge is -2.29. The Balaban J connectivity index is 1.79. The fraction of sp³-hybridized carbons (Fsp3) is 0.227. The zero-order valence-electron chi connectivity index (χ0n) is 16.4. The van der Waals surface area contributed by atoms with Gasteiger partial charge in [-0.3, -0.25) is 4.79 Å². The minimum atomic E-state index is -0.342. The van der Waals surface area contributed by atoms with Crippen LogP contribution in [-0.4, -0.2) is 20.7 Å². The fourth-order valence-corrected chi connectivity index (χ4v) is 3.71. The lowest BCUT2D eigenvalue weighted by atomic mass is 9.92. The molecule has 2 heterocycles. The summed E-state index contributed by atoms with van der Waals surface area (Å²) in [5.74, 6) is 0.486. The van der Waals surface area contributed by atoms with Crippen LogP contribution >= 0.6 is 0 Å². The van der Waals surface area contributed by atoms with Gasteiger partial charge in [0, 0.05) is 11.4 Å². The largest absolute Gasteiger partial charge is 0.328 e. The number of aryl methyl sites for hydroxylation is 3. The molecule has 1 aliphatic rings. The van der Waals surface area contributed by atoms with E-state index in [1.165, 1.54) is 6.33 Å².